The van der Waals surface area contributed by atoms with E-state index in [0.29, 0.717) is 5.96 Å². The summed E-state index contributed by atoms with van der Waals surface area (Å²) in [5.41, 5.74) is 0. The van der Waals surface area contributed by atoms with Gasteiger partial charge in [-0.1, -0.05) is 0 Å². The minimum Gasteiger partial charge on any atom is -0.379 e. The van der Waals surface area contributed by atoms with Crippen molar-refractivity contribution >= 4 is 35.8 Å². The monoisotopic (exact) mass is 483 g/mol. The van der Waals surface area contributed by atoms with Gasteiger partial charge in [-0.2, -0.15) is 0 Å². The first-order valence-electron chi connectivity index (χ1n) is 9.29. The topological polar surface area (TPSA) is 78.4 Å². The van der Waals surface area contributed by atoms with Crippen LogP contribution in [0, 0.1) is 0 Å². The van der Waals surface area contributed by atoms with Gasteiger partial charge in [0, 0.05) is 46.9 Å². The Morgan fingerprint density at radius 2 is 2.00 bits per heavy atom. The molecular formula is C17H34IN5O3. The van der Waals surface area contributed by atoms with E-state index in [1.807, 2.05) is 0 Å². The van der Waals surface area contributed by atoms with Crippen molar-refractivity contribution in [1.29, 1.82) is 0 Å². The molecule has 2 rings (SSSR count). The maximum atomic E-state index is 11.8. The highest BCUT2D eigenvalue weighted by Crippen LogP contribution is 2.10. The normalized spacial score (nSPS) is 21.2. The van der Waals surface area contributed by atoms with E-state index in [2.05, 4.69) is 20.5 Å². The molecule has 2 heterocycles. The summed E-state index contributed by atoms with van der Waals surface area (Å²) in [6.07, 6.45) is 3.46. The van der Waals surface area contributed by atoms with Crippen LogP contribution in [0.4, 0.5) is 0 Å². The first-order chi connectivity index (χ1) is 12.1. The second-order valence-corrected chi connectivity index (χ2v) is 6.70. The quantitative estimate of drug-likeness (QED) is 0.221. The Kier molecular flexibility index (Phi) is 12.2. The van der Waals surface area contributed by atoms with Crippen LogP contribution in [-0.4, -0.2) is 101 Å². The smallest absolute Gasteiger partial charge is 0.243 e. The standard InChI is InChI=1S/C17H33N5O3.HI/c1-21(2)16(23)14-20-17(19-13-15-5-3-10-25-15)18-6-4-7-22-8-11-24-12-9-22;/h15H,3-14H2,1-2H3,(H2,18,19,20);1H. The predicted molar refractivity (Wildman–Crippen MR) is 113 cm³/mol. The number of carbonyl (C=O) groups excluding carboxylic acids is 1. The largest absolute Gasteiger partial charge is 0.379 e. The molecule has 0 bridgehead atoms. The number of amides is 1. The van der Waals surface area contributed by atoms with Crippen molar-refractivity contribution in [3.63, 3.8) is 0 Å². The lowest BCUT2D eigenvalue weighted by atomic mass is 10.2. The van der Waals surface area contributed by atoms with Crippen LogP contribution in [0.1, 0.15) is 19.3 Å². The summed E-state index contributed by atoms with van der Waals surface area (Å²) in [5, 5.41) is 6.64. The zero-order valence-electron chi connectivity index (χ0n) is 16.0. The molecule has 152 valence electrons. The summed E-state index contributed by atoms with van der Waals surface area (Å²) in [4.78, 5) is 20.1. The van der Waals surface area contributed by atoms with Crippen LogP contribution >= 0.6 is 24.0 Å². The summed E-state index contributed by atoms with van der Waals surface area (Å²) in [5.74, 6) is 0.680. The number of hydrogen-bond donors (Lipinski definition) is 2. The molecule has 0 spiro atoms. The minimum absolute atomic E-state index is 0. The number of hydrogen-bond acceptors (Lipinski definition) is 5. The fourth-order valence-corrected chi connectivity index (χ4v) is 2.81. The van der Waals surface area contributed by atoms with Crippen LogP contribution in [0.25, 0.3) is 0 Å². The lowest BCUT2D eigenvalue weighted by Gasteiger charge is -2.26. The van der Waals surface area contributed by atoms with E-state index in [1.54, 1.807) is 19.0 Å². The van der Waals surface area contributed by atoms with Crippen molar-refractivity contribution in [2.24, 2.45) is 4.99 Å². The highest BCUT2D eigenvalue weighted by molar-refractivity contribution is 14.0. The maximum Gasteiger partial charge on any atom is 0.243 e. The summed E-state index contributed by atoms with van der Waals surface area (Å²) in [6, 6.07) is 0. The van der Waals surface area contributed by atoms with E-state index in [1.165, 1.54) is 0 Å². The van der Waals surface area contributed by atoms with E-state index in [9.17, 15) is 4.79 Å². The van der Waals surface area contributed by atoms with Gasteiger partial charge < -0.3 is 25.0 Å². The first kappa shape index (κ1) is 23.4. The van der Waals surface area contributed by atoms with E-state index >= 15 is 0 Å². The third-order valence-corrected chi connectivity index (χ3v) is 4.44. The van der Waals surface area contributed by atoms with Gasteiger partial charge in [0.1, 0.15) is 6.54 Å². The second-order valence-electron chi connectivity index (χ2n) is 6.70. The Bertz CT molecular complexity index is 425. The highest BCUT2D eigenvalue weighted by atomic mass is 127. The minimum atomic E-state index is -0.00784. The van der Waals surface area contributed by atoms with Gasteiger partial charge in [0.25, 0.3) is 0 Å². The molecule has 1 atom stereocenters. The number of rotatable bonds is 8. The van der Waals surface area contributed by atoms with E-state index in [-0.39, 0.29) is 42.5 Å². The van der Waals surface area contributed by atoms with Gasteiger partial charge >= 0.3 is 0 Å². The molecule has 8 nitrogen and oxygen atoms in total. The number of carbonyl (C=O) groups is 1. The molecule has 0 saturated carbocycles. The Morgan fingerprint density at radius 1 is 1.23 bits per heavy atom. The zero-order valence-corrected chi connectivity index (χ0v) is 18.4. The second kappa shape index (κ2) is 13.5. The SMILES string of the molecule is CN(C)C(=O)CN=C(NCCCN1CCOCC1)NCC1CCCO1.I. The van der Waals surface area contributed by atoms with Crippen LogP contribution in [0.5, 0.6) is 0 Å². The van der Waals surface area contributed by atoms with Gasteiger partial charge in [0.05, 0.1) is 19.3 Å². The lowest BCUT2D eigenvalue weighted by molar-refractivity contribution is -0.127. The summed E-state index contributed by atoms with van der Waals surface area (Å²) >= 11 is 0. The molecule has 2 fully saturated rings. The molecule has 2 aliphatic heterocycles. The van der Waals surface area contributed by atoms with Crippen LogP contribution < -0.4 is 10.6 Å². The molecule has 2 N–H and O–H groups in total. The maximum absolute atomic E-state index is 11.8. The van der Waals surface area contributed by atoms with Crippen molar-refractivity contribution in [3.05, 3.63) is 0 Å². The molecule has 0 radical (unpaired) electrons. The van der Waals surface area contributed by atoms with Gasteiger partial charge in [-0.05, 0) is 25.8 Å². The van der Waals surface area contributed by atoms with Gasteiger partial charge in [0.2, 0.25) is 5.91 Å². The van der Waals surface area contributed by atoms with E-state index in [4.69, 9.17) is 9.47 Å². The molecule has 2 saturated heterocycles. The van der Waals surface area contributed by atoms with Crippen LogP contribution in [0.15, 0.2) is 4.99 Å². The number of ether oxygens (including phenoxy) is 2. The average molecular weight is 483 g/mol. The third kappa shape index (κ3) is 9.33. The summed E-state index contributed by atoms with van der Waals surface area (Å²) in [6.45, 7) is 7.27. The van der Waals surface area contributed by atoms with Crippen molar-refractivity contribution in [2.45, 2.75) is 25.4 Å². The average Bonchev–Trinajstić information content (AvgIpc) is 3.14. The Balaban J connectivity index is 0.00000338. The molecule has 0 aromatic heterocycles. The number of nitrogens with zero attached hydrogens (tertiary/aromatic N) is 3. The third-order valence-electron chi connectivity index (χ3n) is 4.44. The number of halogens is 1. The van der Waals surface area contributed by atoms with Gasteiger partial charge in [-0.15, -0.1) is 24.0 Å². The molecule has 9 heteroatoms. The van der Waals surface area contributed by atoms with Crippen LogP contribution in [-0.2, 0) is 14.3 Å². The summed E-state index contributed by atoms with van der Waals surface area (Å²) in [7, 11) is 3.49. The van der Waals surface area contributed by atoms with Crippen LogP contribution in [0.2, 0.25) is 0 Å². The van der Waals surface area contributed by atoms with E-state index in [0.717, 1.165) is 71.8 Å². The lowest BCUT2D eigenvalue weighted by Crippen LogP contribution is -2.43. The van der Waals surface area contributed by atoms with Crippen LogP contribution in [0.3, 0.4) is 0 Å². The number of morpholine rings is 1. The number of aliphatic imine (C=N–C) groups is 1. The van der Waals surface area contributed by atoms with Gasteiger partial charge in [-0.3, -0.25) is 9.69 Å². The first-order valence-corrected chi connectivity index (χ1v) is 9.29. The van der Waals surface area contributed by atoms with Crippen molar-refractivity contribution in [1.82, 2.24) is 20.4 Å². The highest BCUT2D eigenvalue weighted by Gasteiger charge is 2.16. The molecule has 1 unspecified atom stereocenters. The Labute approximate surface area is 174 Å². The zero-order chi connectivity index (χ0) is 17.9. The van der Waals surface area contributed by atoms with Crippen molar-refractivity contribution < 1.29 is 14.3 Å². The molecule has 0 aromatic rings. The molecular weight excluding hydrogens is 449 g/mol. The van der Waals surface area contributed by atoms with Gasteiger partial charge in [-0.25, -0.2) is 4.99 Å². The number of guanidine groups is 1. The van der Waals surface area contributed by atoms with Crippen molar-refractivity contribution in [3.8, 4) is 0 Å². The van der Waals surface area contributed by atoms with Crippen molar-refractivity contribution in [2.75, 3.05) is 73.2 Å². The van der Waals surface area contributed by atoms with Gasteiger partial charge in [0.15, 0.2) is 5.96 Å². The Morgan fingerprint density at radius 3 is 2.65 bits per heavy atom. The molecule has 0 aliphatic carbocycles. The Hall–Kier alpha value is -0.650. The predicted octanol–water partition coefficient (Wildman–Crippen LogP) is 0.129. The summed E-state index contributed by atoms with van der Waals surface area (Å²) < 4.78 is 11.0. The fourth-order valence-electron chi connectivity index (χ4n) is 2.81. The molecule has 1 amide bonds. The van der Waals surface area contributed by atoms with E-state index < -0.39 is 0 Å². The fraction of sp³-hybridized carbons (Fsp3) is 0.882. The molecule has 2 aliphatic rings. The number of nitrogens with one attached hydrogen (secondary N) is 2. The molecule has 0 aromatic carbocycles. The molecule has 26 heavy (non-hydrogen) atoms. The number of likely N-dealkylation sites (N-methyl/N-ethyl adjacent to an activating group) is 1.